The van der Waals surface area contributed by atoms with Crippen LogP contribution in [-0.2, 0) is 0 Å². The molecule has 0 aliphatic rings. The third-order valence-corrected chi connectivity index (χ3v) is 1.16. The van der Waals surface area contributed by atoms with E-state index < -0.39 is 0 Å². The van der Waals surface area contributed by atoms with Gasteiger partial charge in [0, 0.05) is 5.56 Å². The molecule has 10 heavy (non-hydrogen) atoms. The second-order valence-electron chi connectivity index (χ2n) is 1.81. The van der Waals surface area contributed by atoms with Crippen molar-refractivity contribution in [1.82, 2.24) is 0 Å². The zero-order chi connectivity index (χ0) is 7.40. The van der Waals surface area contributed by atoms with Crippen LogP contribution in [0.1, 0.15) is 11.1 Å². The Morgan fingerprint density at radius 1 is 1.10 bits per heavy atom. The molecule has 1 heteroatoms. The van der Waals surface area contributed by atoms with Crippen molar-refractivity contribution in [3.8, 4) is 12.0 Å². The third kappa shape index (κ3) is 1.16. The number of rotatable bonds is 0. The van der Waals surface area contributed by atoms with Gasteiger partial charge in [0.2, 0.25) is 0 Å². The molecule has 0 radical (unpaired) electrons. The molecule has 0 saturated heterocycles. The average Bonchev–Trinajstić information content (AvgIpc) is 2.05. The van der Waals surface area contributed by atoms with Gasteiger partial charge in [0.05, 0.1) is 6.07 Å². The molecule has 1 nitrogen and oxygen atoms in total. The van der Waals surface area contributed by atoms with E-state index in [1.165, 1.54) is 0 Å². The van der Waals surface area contributed by atoms with Crippen LogP contribution in [0, 0.1) is 23.7 Å². The molecular formula is C9H4N-. The Morgan fingerprint density at radius 2 is 1.60 bits per heavy atom. The zero-order valence-electron chi connectivity index (χ0n) is 5.26. The summed E-state index contributed by atoms with van der Waals surface area (Å²) in [6.45, 7) is 0. The van der Waals surface area contributed by atoms with E-state index >= 15 is 0 Å². The fourth-order valence-electron chi connectivity index (χ4n) is 0.628. The molecular weight excluding hydrogens is 122 g/mol. The number of hydrogen-bond donors (Lipinski definition) is 0. The highest BCUT2D eigenvalue weighted by Crippen LogP contribution is 2.00. The van der Waals surface area contributed by atoms with Gasteiger partial charge in [-0.2, -0.15) is 5.26 Å². The van der Waals surface area contributed by atoms with E-state index in [9.17, 15) is 0 Å². The van der Waals surface area contributed by atoms with E-state index in [2.05, 4.69) is 5.92 Å². The van der Waals surface area contributed by atoms with Crippen molar-refractivity contribution in [3.63, 3.8) is 0 Å². The van der Waals surface area contributed by atoms with Crippen molar-refractivity contribution >= 4 is 0 Å². The molecule has 0 aromatic heterocycles. The summed E-state index contributed by atoms with van der Waals surface area (Å²) in [5.74, 6) is 2.22. The van der Waals surface area contributed by atoms with E-state index in [0.717, 1.165) is 0 Å². The quantitative estimate of drug-likeness (QED) is 0.381. The van der Waals surface area contributed by atoms with Crippen molar-refractivity contribution in [2.45, 2.75) is 0 Å². The number of nitriles is 1. The molecule has 1 rings (SSSR count). The first-order valence-corrected chi connectivity index (χ1v) is 2.79. The van der Waals surface area contributed by atoms with Gasteiger partial charge in [0.15, 0.2) is 0 Å². The van der Waals surface area contributed by atoms with Gasteiger partial charge < -0.3 is 6.42 Å². The van der Waals surface area contributed by atoms with E-state index in [0.29, 0.717) is 11.1 Å². The molecule has 0 amide bonds. The highest BCUT2D eigenvalue weighted by Gasteiger charge is 1.81. The lowest BCUT2D eigenvalue weighted by molar-refractivity contribution is 1.48. The minimum Gasteiger partial charge on any atom is -0.366 e. The molecule has 0 aliphatic heterocycles. The molecule has 0 heterocycles. The predicted octanol–water partition coefficient (Wildman–Crippen LogP) is 1.50. The summed E-state index contributed by atoms with van der Waals surface area (Å²) in [4.78, 5) is 0. The van der Waals surface area contributed by atoms with Gasteiger partial charge in [0.25, 0.3) is 0 Å². The van der Waals surface area contributed by atoms with Gasteiger partial charge >= 0.3 is 0 Å². The summed E-state index contributed by atoms with van der Waals surface area (Å²) in [6, 6.07) is 8.69. The monoisotopic (exact) mass is 126 g/mol. The van der Waals surface area contributed by atoms with Gasteiger partial charge in [-0.05, 0) is 0 Å². The van der Waals surface area contributed by atoms with Crippen LogP contribution >= 0.6 is 0 Å². The number of benzene rings is 1. The van der Waals surface area contributed by atoms with Crippen LogP contribution in [0.5, 0.6) is 0 Å². The Labute approximate surface area is 59.9 Å². The first-order chi connectivity index (χ1) is 4.86. The largest absolute Gasteiger partial charge is 0.366 e. The summed E-state index contributed by atoms with van der Waals surface area (Å²) >= 11 is 0. The van der Waals surface area contributed by atoms with Gasteiger partial charge in [-0.25, -0.2) is 0 Å². The summed E-state index contributed by atoms with van der Waals surface area (Å²) in [5.41, 5.74) is 1.30. The third-order valence-electron chi connectivity index (χ3n) is 1.16. The normalized spacial score (nSPS) is 7.80. The van der Waals surface area contributed by atoms with Crippen LogP contribution in [0.2, 0.25) is 0 Å². The van der Waals surface area contributed by atoms with Crippen LogP contribution in [0.15, 0.2) is 24.3 Å². The maximum Gasteiger partial charge on any atom is 0.0990 e. The standard InChI is InChI=1S/C9H4N/c1-2-8-3-5-9(7-10)6-4-8/h3-6H/q-1. The Balaban J connectivity index is 3.08. The summed E-state index contributed by atoms with van der Waals surface area (Å²) < 4.78 is 0. The fraction of sp³-hybridized carbons (Fsp3) is 0. The lowest BCUT2D eigenvalue weighted by Gasteiger charge is -1.96. The van der Waals surface area contributed by atoms with Crippen molar-refractivity contribution < 1.29 is 0 Å². The summed E-state index contributed by atoms with van der Waals surface area (Å²) in [5, 5.41) is 8.38. The van der Waals surface area contributed by atoms with Crippen LogP contribution in [0.3, 0.4) is 0 Å². The molecule has 0 unspecified atom stereocenters. The maximum atomic E-state index is 8.38. The van der Waals surface area contributed by atoms with Crippen molar-refractivity contribution in [1.29, 1.82) is 5.26 Å². The zero-order valence-corrected chi connectivity index (χ0v) is 5.26. The maximum absolute atomic E-state index is 8.38. The minimum absolute atomic E-state index is 0.610. The molecule has 1 aromatic rings. The SMILES string of the molecule is [C-]#Cc1ccc(C#N)cc1. The van der Waals surface area contributed by atoms with E-state index in [1.807, 2.05) is 6.07 Å². The molecule has 0 saturated carbocycles. The molecule has 0 spiro atoms. The molecule has 0 aliphatic carbocycles. The van der Waals surface area contributed by atoms with E-state index in [1.54, 1.807) is 24.3 Å². The highest BCUT2D eigenvalue weighted by molar-refractivity contribution is 5.37. The Bertz CT molecular complexity index is 262. The van der Waals surface area contributed by atoms with Crippen molar-refractivity contribution in [3.05, 3.63) is 41.8 Å². The molecule has 46 valence electrons. The lowest BCUT2D eigenvalue weighted by Crippen LogP contribution is -1.74. The predicted molar refractivity (Wildman–Crippen MR) is 37.4 cm³/mol. The fourth-order valence-corrected chi connectivity index (χ4v) is 0.628. The molecule has 0 bridgehead atoms. The topological polar surface area (TPSA) is 23.8 Å². The molecule has 0 N–H and O–H groups in total. The van der Waals surface area contributed by atoms with Gasteiger partial charge in [-0.15, -0.1) is 17.7 Å². The van der Waals surface area contributed by atoms with Crippen LogP contribution in [-0.4, -0.2) is 0 Å². The van der Waals surface area contributed by atoms with E-state index in [4.69, 9.17) is 11.7 Å². The smallest absolute Gasteiger partial charge is 0.0990 e. The first kappa shape index (κ1) is 6.39. The van der Waals surface area contributed by atoms with Crippen LogP contribution < -0.4 is 0 Å². The number of hydrogen-bond acceptors (Lipinski definition) is 1. The second-order valence-corrected chi connectivity index (χ2v) is 1.81. The molecule has 1 aromatic carbocycles. The Kier molecular flexibility index (Phi) is 1.73. The first-order valence-electron chi connectivity index (χ1n) is 2.79. The minimum atomic E-state index is 0.610. The Morgan fingerprint density at radius 3 is 2.00 bits per heavy atom. The van der Waals surface area contributed by atoms with Gasteiger partial charge in [-0.3, -0.25) is 5.92 Å². The molecule has 0 fully saturated rings. The second kappa shape index (κ2) is 2.71. The number of nitrogens with zero attached hydrogens (tertiary/aromatic N) is 1. The van der Waals surface area contributed by atoms with Crippen LogP contribution in [0.4, 0.5) is 0 Å². The molecule has 0 atom stereocenters. The van der Waals surface area contributed by atoms with Crippen LogP contribution in [0.25, 0.3) is 0 Å². The summed E-state index contributed by atoms with van der Waals surface area (Å²) in [7, 11) is 0. The van der Waals surface area contributed by atoms with Gasteiger partial charge in [0.1, 0.15) is 0 Å². The summed E-state index contributed by atoms with van der Waals surface area (Å²) in [6.07, 6.45) is 6.74. The van der Waals surface area contributed by atoms with E-state index in [-0.39, 0.29) is 0 Å². The Hall–Kier alpha value is -1.73. The van der Waals surface area contributed by atoms with Crippen molar-refractivity contribution in [2.24, 2.45) is 0 Å². The van der Waals surface area contributed by atoms with Gasteiger partial charge in [-0.1, -0.05) is 12.1 Å². The average molecular weight is 126 g/mol. The van der Waals surface area contributed by atoms with Crippen molar-refractivity contribution in [2.75, 3.05) is 0 Å². The highest BCUT2D eigenvalue weighted by atomic mass is 14.2. The lowest BCUT2D eigenvalue weighted by atomic mass is 10.2.